The normalized spacial score (nSPS) is 19.1. The predicted molar refractivity (Wildman–Crippen MR) is 151 cm³/mol. The number of fused-ring (bicyclic) bond motifs is 1. The smallest absolute Gasteiger partial charge is 0.227 e. The number of para-hydroxylation sites is 2. The van der Waals surface area contributed by atoms with Gasteiger partial charge in [0.05, 0.1) is 17.4 Å². The fourth-order valence-corrected chi connectivity index (χ4v) is 5.70. The van der Waals surface area contributed by atoms with E-state index < -0.39 is 6.04 Å². The van der Waals surface area contributed by atoms with Crippen LogP contribution < -0.4 is 10.2 Å². The summed E-state index contributed by atoms with van der Waals surface area (Å²) in [6.07, 6.45) is 4.30. The Morgan fingerprint density at radius 3 is 2.22 bits per heavy atom. The minimum absolute atomic E-state index is 0.0176. The molecule has 190 valence electrons. The lowest BCUT2D eigenvalue weighted by atomic mass is 9.78. The van der Waals surface area contributed by atoms with E-state index in [1.54, 1.807) is 0 Å². The maximum Gasteiger partial charge on any atom is 0.227 e. The van der Waals surface area contributed by atoms with Gasteiger partial charge >= 0.3 is 0 Å². The van der Waals surface area contributed by atoms with Crippen molar-refractivity contribution in [3.8, 4) is 0 Å². The maximum absolute atomic E-state index is 14.0. The van der Waals surface area contributed by atoms with E-state index >= 15 is 0 Å². The zero-order chi connectivity index (χ0) is 25.9. The molecule has 3 aromatic rings. The first-order valence-electron chi connectivity index (χ1n) is 12.9. The number of benzene rings is 3. The van der Waals surface area contributed by atoms with Crippen molar-refractivity contribution >= 4 is 46.3 Å². The number of anilines is 2. The molecule has 0 aromatic heterocycles. The van der Waals surface area contributed by atoms with Gasteiger partial charge in [-0.2, -0.15) is 0 Å². The number of nitrogens with zero attached hydrogens (tertiary/aromatic N) is 1. The van der Waals surface area contributed by atoms with Gasteiger partial charge < -0.3 is 5.32 Å². The maximum atomic E-state index is 14.0. The average molecular weight is 533 g/mol. The van der Waals surface area contributed by atoms with E-state index in [9.17, 15) is 9.59 Å². The third-order valence-corrected chi connectivity index (χ3v) is 7.78. The topological polar surface area (TPSA) is 49.4 Å². The van der Waals surface area contributed by atoms with E-state index in [2.05, 4.69) is 12.2 Å². The van der Waals surface area contributed by atoms with Crippen LogP contribution in [-0.2, 0) is 9.59 Å². The van der Waals surface area contributed by atoms with Gasteiger partial charge in [0.2, 0.25) is 5.91 Å². The molecule has 0 fully saturated rings. The first-order chi connectivity index (χ1) is 18.0. The fraction of sp³-hybridized carbons (Fsp3) is 0.290. The Kier molecular flexibility index (Phi) is 7.68. The van der Waals surface area contributed by atoms with Crippen molar-refractivity contribution in [2.24, 2.45) is 0 Å². The molecule has 1 amide bonds. The number of rotatable bonds is 6. The summed E-state index contributed by atoms with van der Waals surface area (Å²) in [4.78, 5) is 29.7. The van der Waals surface area contributed by atoms with Crippen molar-refractivity contribution in [2.75, 3.05) is 10.2 Å². The number of halogens is 2. The number of amides is 1. The van der Waals surface area contributed by atoms with Crippen LogP contribution in [0.25, 0.3) is 0 Å². The van der Waals surface area contributed by atoms with Gasteiger partial charge in [-0.15, -0.1) is 0 Å². The zero-order valence-electron chi connectivity index (χ0n) is 20.8. The first kappa shape index (κ1) is 25.6. The summed E-state index contributed by atoms with van der Waals surface area (Å²) < 4.78 is 0. The second kappa shape index (κ2) is 11.1. The highest BCUT2D eigenvalue weighted by atomic mass is 35.5. The summed E-state index contributed by atoms with van der Waals surface area (Å²) in [5, 5.41) is 4.87. The molecule has 0 radical (unpaired) electrons. The van der Waals surface area contributed by atoms with E-state index in [-0.39, 0.29) is 17.6 Å². The number of nitrogens with one attached hydrogen (secondary N) is 1. The summed E-state index contributed by atoms with van der Waals surface area (Å²) in [5.74, 6) is 0.0951. The number of hydrogen-bond donors (Lipinski definition) is 1. The van der Waals surface area contributed by atoms with Crippen LogP contribution >= 0.6 is 23.2 Å². The third kappa shape index (κ3) is 5.32. The number of unbranched alkanes of at least 4 members (excludes halogenated alkanes) is 2. The second-order valence-electron chi connectivity index (χ2n) is 9.79. The van der Waals surface area contributed by atoms with Crippen molar-refractivity contribution in [1.82, 2.24) is 0 Å². The van der Waals surface area contributed by atoms with E-state index in [4.69, 9.17) is 23.2 Å². The van der Waals surface area contributed by atoms with Crippen LogP contribution in [0.15, 0.2) is 84.1 Å². The molecule has 1 aliphatic heterocycles. The minimum atomic E-state index is -0.531. The van der Waals surface area contributed by atoms with Crippen molar-refractivity contribution in [3.05, 3.63) is 105 Å². The summed E-state index contributed by atoms with van der Waals surface area (Å²) in [6.45, 7) is 2.13. The molecule has 3 aromatic carbocycles. The van der Waals surface area contributed by atoms with E-state index in [1.807, 2.05) is 77.7 Å². The molecule has 1 N–H and O–H groups in total. The van der Waals surface area contributed by atoms with Crippen LogP contribution in [0.1, 0.15) is 68.5 Å². The van der Waals surface area contributed by atoms with Gasteiger partial charge in [-0.25, -0.2) is 0 Å². The molecule has 4 nitrogen and oxygen atoms in total. The van der Waals surface area contributed by atoms with E-state index in [0.29, 0.717) is 34.9 Å². The lowest BCUT2D eigenvalue weighted by Gasteiger charge is -2.35. The van der Waals surface area contributed by atoms with E-state index in [0.717, 1.165) is 47.5 Å². The fourth-order valence-electron chi connectivity index (χ4n) is 5.44. The quantitative estimate of drug-likeness (QED) is 0.323. The second-order valence-corrected chi connectivity index (χ2v) is 10.7. The molecule has 2 atom stereocenters. The van der Waals surface area contributed by atoms with Gasteiger partial charge in [-0.3, -0.25) is 14.5 Å². The summed E-state index contributed by atoms with van der Waals surface area (Å²) in [6, 6.07) is 22.5. The average Bonchev–Trinajstić information content (AvgIpc) is 3.04. The van der Waals surface area contributed by atoms with Crippen LogP contribution in [0.3, 0.4) is 0 Å². The highest BCUT2D eigenvalue weighted by Crippen LogP contribution is 2.47. The molecule has 0 saturated heterocycles. The Hall–Kier alpha value is -3.08. The van der Waals surface area contributed by atoms with Crippen molar-refractivity contribution in [1.29, 1.82) is 0 Å². The Labute approximate surface area is 228 Å². The molecule has 0 unspecified atom stereocenters. The summed E-state index contributed by atoms with van der Waals surface area (Å²) in [5.41, 5.74) is 5.10. The van der Waals surface area contributed by atoms with Crippen LogP contribution in [0, 0.1) is 0 Å². The lowest BCUT2D eigenvalue weighted by Crippen LogP contribution is -2.38. The van der Waals surface area contributed by atoms with Gasteiger partial charge in [0.15, 0.2) is 5.78 Å². The van der Waals surface area contributed by atoms with Gasteiger partial charge in [0, 0.05) is 34.2 Å². The van der Waals surface area contributed by atoms with Crippen LogP contribution in [0.4, 0.5) is 11.4 Å². The number of hydrogen-bond acceptors (Lipinski definition) is 3. The molecule has 2 aliphatic rings. The van der Waals surface area contributed by atoms with Crippen LogP contribution in [0.2, 0.25) is 10.0 Å². The predicted octanol–water partition coefficient (Wildman–Crippen LogP) is 8.47. The van der Waals surface area contributed by atoms with Crippen LogP contribution in [0.5, 0.6) is 0 Å². The SMILES string of the molecule is CCCCCC(=O)N1c2ccccc2NC2=C(C(=O)C[C@@H](c3ccc(Cl)cc3)C2)[C@H]1c1ccc(Cl)cc1. The molecule has 6 heteroatoms. The summed E-state index contributed by atoms with van der Waals surface area (Å²) in [7, 11) is 0. The van der Waals surface area contributed by atoms with Gasteiger partial charge in [-0.1, -0.05) is 79.4 Å². The standard InChI is InChI=1S/C31H30Cl2N2O2/c1-2-3-4-9-29(37)35-27-8-6-5-7-25(27)34-26-18-22(20-10-14-23(32)15-11-20)19-28(36)30(26)31(35)21-12-16-24(33)17-13-21/h5-8,10-17,22,31,34H,2-4,9,18-19H2,1H3/t22-,31+/m0/s1. The molecule has 0 bridgehead atoms. The molecule has 1 heterocycles. The minimum Gasteiger partial charge on any atom is -0.357 e. The highest BCUT2D eigenvalue weighted by Gasteiger charge is 2.41. The van der Waals surface area contributed by atoms with Crippen molar-refractivity contribution < 1.29 is 9.59 Å². The van der Waals surface area contributed by atoms with Gasteiger partial charge in [-0.05, 0) is 66.3 Å². The van der Waals surface area contributed by atoms with Gasteiger partial charge in [0.25, 0.3) is 0 Å². The molecule has 37 heavy (non-hydrogen) atoms. The number of carbonyl (C=O) groups is 2. The number of carbonyl (C=O) groups excluding carboxylic acids is 2. The number of ketones is 1. The Balaban J connectivity index is 1.65. The van der Waals surface area contributed by atoms with Crippen molar-refractivity contribution in [2.45, 2.75) is 57.4 Å². The number of Topliss-reactive ketones (excluding diaryl/α,β-unsaturated/α-hetero) is 1. The molecule has 0 saturated carbocycles. The Bertz CT molecular complexity index is 1330. The zero-order valence-corrected chi connectivity index (χ0v) is 22.4. The highest BCUT2D eigenvalue weighted by molar-refractivity contribution is 6.30. The molecule has 1 aliphatic carbocycles. The van der Waals surface area contributed by atoms with Gasteiger partial charge in [0.1, 0.15) is 0 Å². The lowest BCUT2D eigenvalue weighted by molar-refractivity contribution is -0.119. The molecule has 0 spiro atoms. The largest absolute Gasteiger partial charge is 0.357 e. The third-order valence-electron chi connectivity index (χ3n) is 7.28. The Morgan fingerprint density at radius 2 is 1.54 bits per heavy atom. The first-order valence-corrected chi connectivity index (χ1v) is 13.7. The monoisotopic (exact) mass is 532 g/mol. The van der Waals surface area contributed by atoms with Crippen LogP contribution in [-0.4, -0.2) is 11.7 Å². The van der Waals surface area contributed by atoms with Crippen molar-refractivity contribution in [3.63, 3.8) is 0 Å². The summed E-state index contributed by atoms with van der Waals surface area (Å²) >= 11 is 12.4. The number of allylic oxidation sites excluding steroid dienone is 1. The van der Waals surface area contributed by atoms with E-state index in [1.165, 1.54) is 0 Å². The Morgan fingerprint density at radius 1 is 0.892 bits per heavy atom. The molecular weight excluding hydrogens is 503 g/mol. The molecule has 5 rings (SSSR count). The molecular formula is C31H30Cl2N2O2.